The van der Waals surface area contributed by atoms with Gasteiger partial charge in [-0.05, 0) is 71.7 Å². The highest BCUT2D eigenvalue weighted by molar-refractivity contribution is 5.81. The molecule has 39 heavy (non-hydrogen) atoms. The van der Waals surface area contributed by atoms with Crippen LogP contribution in [0.4, 0.5) is 0 Å². The summed E-state index contributed by atoms with van der Waals surface area (Å²) in [6, 6.07) is 22.5. The minimum atomic E-state index is -1.01. The van der Waals surface area contributed by atoms with Crippen LogP contribution in [-0.2, 0) is 35.3 Å². The standard InChI is InChI=1S/C33H39NO5/c1-23(2)27-12-8-26(9-13-27)20-33(3)21-28-18-25(10-14-30(28)39-33)11-15-31(35)34(22-32(36)37)17-16-24-6-5-7-29(19-24)38-4/h5-10,12-14,18-19,23H,11,15-17,20-22H2,1-4H3,(H,36,37)/t33-/m1/s1. The molecule has 6 heteroatoms. The van der Waals surface area contributed by atoms with Gasteiger partial charge in [0.05, 0.1) is 7.11 Å². The third-order valence-electron chi connectivity index (χ3n) is 7.38. The molecule has 3 aromatic carbocycles. The van der Waals surface area contributed by atoms with E-state index in [9.17, 15) is 14.7 Å². The molecule has 6 nitrogen and oxygen atoms in total. The summed E-state index contributed by atoms with van der Waals surface area (Å²) in [6.07, 6.45) is 3.00. The van der Waals surface area contributed by atoms with Crippen molar-refractivity contribution in [3.63, 3.8) is 0 Å². The molecule has 1 aliphatic rings. The van der Waals surface area contributed by atoms with Crippen molar-refractivity contribution in [3.05, 3.63) is 94.5 Å². The second kappa shape index (κ2) is 12.4. The fraction of sp³-hybridized carbons (Fsp3) is 0.394. The fourth-order valence-corrected chi connectivity index (χ4v) is 5.24. The van der Waals surface area contributed by atoms with Crippen LogP contribution in [-0.4, -0.2) is 47.7 Å². The van der Waals surface area contributed by atoms with E-state index in [0.717, 1.165) is 41.0 Å². The van der Waals surface area contributed by atoms with E-state index in [-0.39, 0.29) is 24.5 Å². The quantitative estimate of drug-likeness (QED) is 0.319. The van der Waals surface area contributed by atoms with Crippen LogP contribution >= 0.6 is 0 Å². The number of carboxylic acid groups (broad SMARTS) is 1. The van der Waals surface area contributed by atoms with Gasteiger partial charge in [-0.25, -0.2) is 0 Å². The molecule has 1 atom stereocenters. The lowest BCUT2D eigenvalue weighted by atomic mass is 9.90. The van der Waals surface area contributed by atoms with Crippen LogP contribution in [0, 0.1) is 0 Å². The van der Waals surface area contributed by atoms with Crippen molar-refractivity contribution in [3.8, 4) is 11.5 Å². The number of aryl methyl sites for hydroxylation is 1. The molecule has 1 aliphatic heterocycles. The van der Waals surface area contributed by atoms with Crippen molar-refractivity contribution in [2.75, 3.05) is 20.2 Å². The maximum Gasteiger partial charge on any atom is 0.323 e. The molecule has 0 spiro atoms. The van der Waals surface area contributed by atoms with E-state index in [1.54, 1.807) is 7.11 Å². The Kier molecular flexibility index (Phi) is 8.95. The van der Waals surface area contributed by atoms with E-state index < -0.39 is 5.97 Å². The number of carbonyl (C=O) groups excluding carboxylic acids is 1. The van der Waals surface area contributed by atoms with E-state index in [4.69, 9.17) is 9.47 Å². The lowest BCUT2D eigenvalue weighted by molar-refractivity contribution is -0.144. The van der Waals surface area contributed by atoms with E-state index in [1.807, 2.05) is 36.4 Å². The molecule has 0 bridgehead atoms. The number of rotatable bonds is 12. The minimum Gasteiger partial charge on any atom is -0.497 e. The van der Waals surface area contributed by atoms with Crippen LogP contribution in [0.25, 0.3) is 0 Å². The number of hydrogen-bond acceptors (Lipinski definition) is 4. The summed E-state index contributed by atoms with van der Waals surface area (Å²) in [5.41, 5.74) is 5.49. The first-order valence-corrected chi connectivity index (χ1v) is 13.7. The van der Waals surface area contributed by atoms with Crippen molar-refractivity contribution in [2.24, 2.45) is 0 Å². The first-order valence-electron chi connectivity index (χ1n) is 13.7. The van der Waals surface area contributed by atoms with E-state index in [2.05, 4.69) is 51.1 Å². The number of amides is 1. The predicted octanol–water partition coefficient (Wildman–Crippen LogP) is 5.84. The first-order chi connectivity index (χ1) is 18.6. The van der Waals surface area contributed by atoms with Crippen LogP contribution in [0.15, 0.2) is 66.7 Å². The Labute approximate surface area is 231 Å². The van der Waals surface area contributed by atoms with Crippen LogP contribution < -0.4 is 9.47 Å². The maximum atomic E-state index is 13.0. The Morgan fingerprint density at radius 1 is 1.00 bits per heavy atom. The summed E-state index contributed by atoms with van der Waals surface area (Å²) in [4.78, 5) is 25.9. The molecule has 0 unspecified atom stereocenters. The van der Waals surface area contributed by atoms with Crippen LogP contribution in [0.5, 0.6) is 11.5 Å². The molecule has 0 fully saturated rings. The van der Waals surface area contributed by atoms with Gasteiger partial charge in [0.1, 0.15) is 23.6 Å². The third-order valence-corrected chi connectivity index (χ3v) is 7.38. The number of aliphatic carboxylic acids is 1. The Morgan fingerprint density at radius 3 is 2.41 bits per heavy atom. The topological polar surface area (TPSA) is 76.1 Å². The SMILES string of the molecule is COc1cccc(CCN(CC(=O)O)C(=O)CCc2ccc3c(c2)C[C@@](C)(Cc2ccc(C(C)C)cc2)O3)c1. The van der Waals surface area contributed by atoms with Gasteiger partial charge in [0.2, 0.25) is 5.91 Å². The zero-order valence-electron chi connectivity index (χ0n) is 23.4. The average molecular weight is 530 g/mol. The molecule has 0 aromatic heterocycles. The summed E-state index contributed by atoms with van der Waals surface area (Å²) >= 11 is 0. The Hall–Kier alpha value is -3.80. The van der Waals surface area contributed by atoms with Crippen LogP contribution in [0.1, 0.15) is 60.9 Å². The average Bonchev–Trinajstić information content (AvgIpc) is 3.24. The summed E-state index contributed by atoms with van der Waals surface area (Å²) in [5, 5.41) is 9.37. The number of carbonyl (C=O) groups is 2. The molecule has 1 N–H and O–H groups in total. The zero-order chi connectivity index (χ0) is 28.0. The molecule has 1 heterocycles. The molecule has 0 saturated carbocycles. The predicted molar refractivity (Wildman–Crippen MR) is 153 cm³/mol. The van der Waals surface area contributed by atoms with Gasteiger partial charge >= 0.3 is 5.97 Å². The molecule has 3 aromatic rings. The molecular weight excluding hydrogens is 490 g/mol. The summed E-state index contributed by atoms with van der Waals surface area (Å²) in [7, 11) is 1.61. The highest BCUT2D eigenvalue weighted by atomic mass is 16.5. The van der Waals surface area contributed by atoms with E-state index in [0.29, 0.717) is 25.3 Å². The van der Waals surface area contributed by atoms with Gasteiger partial charge < -0.3 is 19.5 Å². The lowest BCUT2D eigenvalue weighted by Gasteiger charge is -2.24. The highest BCUT2D eigenvalue weighted by Gasteiger charge is 2.35. The zero-order valence-corrected chi connectivity index (χ0v) is 23.4. The van der Waals surface area contributed by atoms with Crippen LogP contribution in [0.2, 0.25) is 0 Å². The maximum absolute atomic E-state index is 13.0. The Bertz CT molecular complexity index is 1300. The van der Waals surface area contributed by atoms with Gasteiger partial charge in [0.15, 0.2) is 0 Å². The molecule has 0 aliphatic carbocycles. The lowest BCUT2D eigenvalue weighted by Crippen LogP contribution is -2.37. The van der Waals surface area contributed by atoms with E-state index >= 15 is 0 Å². The largest absolute Gasteiger partial charge is 0.497 e. The summed E-state index contributed by atoms with van der Waals surface area (Å²) in [5.74, 6) is 0.978. The van der Waals surface area contributed by atoms with Gasteiger partial charge in [-0.1, -0.05) is 62.4 Å². The van der Waals surface area contributed by atoms with Crippen molar-refractivity contribution in [2.45, 2.75) is 64.4 Å². The molecular formula is C33H39NO5. The summed E-state index contributed by atoms with van der Waals surface area (Å²) in [6.45, 7) is 6.58. The van der Waals surface area contributed by atoms with Gasteiger partial charge in [-0.15, -0.1) is 0 Å². The van der Waals surface area contributed by atoms with Gasteiger partial charge in [0.25, 0.3) is 0 Å². The molecule has 4 rings (SSSR count). The fourth-order valence-electron chi connectivity index (χ4n) is 5.24. The second-order valence-corrected chi connectivity index (χ2v) is 11.1. The van der Waals surface area contributed by atoms with Gasteiger partial charge in [-0.2, -0.15) is 0 Å². The molecule has 206 valence electrons. The Morgan fingerprint density at radius 2 is 1.72 bits per heavy atom. The first kappa shape index (κ1) is 28.2. The third kappa shape index (κ3) is 7.62. The highest BCUT2D eigenvalue weighted by Crippen LogP contribution is 2.37. The number of nitrogens with zero attached hydrogens (tertiary/aromatic N) is 1. The molecule has 0 radical (unpaired) electrons. The number of methoxy groups -OCH3 is 1. The second-order valence-electron chi connectivity index (χ2n) is 11.1. The number of benzene rings is 3. The van der Waals surface area contributed by atoms with Gasteiger partial charge in [0, 0.05) is 25.8 Å². The van der Waals surface area contributed by atoms with Crippen molar-refractivity contribution in [1.29, 1.82) is 0 Å². The monoisotopic (exact) mass is 529 g/mol. The molecule has 1 amide bonds. The van der Waals surface area contributed by atoms with Crippen molar-refractivity contribution < 1.29 is 24.2 Å². The summed E-state index contributed by atoms with van der Waals surface area (Å²) < 4.78 is 11.6. The van der Waals surface area contributed by atoms with Crippen molar-refractivity contribution >= 4 is 11.9 Å². The van der Waals surface area contributed by atoms with E-state index in [1.165, 1.54) is 16.0 Å². The minimum absolute atomic E-state index is 0.160. The smallest absolute Gasteiger partial charge is 0.323 e. The Balaban J connectivity index is 1.34. The normalized spacial score (nSPS) is 16.0. The number of carboxylic acids is 1. The van der Waals surface area contributed by atoms with Crippen LogP contribution in [0.3, 0.4) is 0 Å². The number of hydrogen-bond donors (Lipinski definition) is 1. The van der Waals surface area contributed by atoms with Crippen molar-refractivity contribution in [1.82, 2.24) is 4.90 Å². The number of ether oxygens (including phenoxy) is 2. The molecule has 0 saturated heterocycles. The number of fused-ring (bicyclic) bond motifs is 1. The van der Waals surface area contributed by atoms with Gasteiger partial charge in [-0.3, -0.25) is 9.59 Å².